The quantitative estimate of drug-likeness (QED) is 0.485. The van der Waals surface area contributed by atoms with Crippen LogP contribution in [0.5, 0.6) is 5.75 Å². The number of rotatable bonds is 6. The summed E-state index contributed by atoms with van der Waals surface area (Å²) in [5.74, 6) is -0.386. The Hall–Kier alpha value is -2.45. The molecule has 2 atom stereocenters. The van der Waals surface area contributed by atoms with Gasteiger partial charge >= 0.3 is 5.97 Å². The van der Waals surface area contributed by atoms with Crippen LogP contribution in [0.15, 0.2) is 47.4 Å². The van der Waals surface area contributed by atoms with Gasteiger partial charge in [-0.1, -0.05) is 17.7 Å². The maximum atomic E-state index is 13.5. The van der Waals surface area contributed by atoms with Crippen molar-refractivity contribution in [3.63, 3.8) is 0 Å². The molecule has 168 valence electrons. The number of aryl methyl sites for hydroxylation is 2. The van der Waals surface area contributed by atoms with Crippen LogP contribution in [0.25, 0.3) is 0 Å². The summed E-state index contributed by atoms with van der Waals surface area (Å²) in [6.07, 6.45) is -0.880. The van der Waals surface area contributed by atoms with Crippen molar-refractivity contribution in [3.8, 4) is 5.75 Å². The van der Waals surface area contributed by atoms with Crippen molar-refractivity contribution in [1.82, 2.24) is 0 Å². The van der Waals surface area contributed by atoms with Crippen LogP contribution < -0.4 is 4.74 Å². The molecule has 3 rings (SSSR count). The number of carbonyl (C=O) groups excluding carboxylic acids is 1. The molecule has 0 aliphatic carbocycles. The van der Waals surface area contributed by atoms with Crippen molar-refractivity contribution in [2.45, 2.75) is 57.6 Å². The average molecular weight is 451 g/mol. The Morgan fingerprint density at radius 1 is 1.19 bits per heavy atom. The van der Waals surface area contributed by atoms with Gasteiger partial charge in [0.05, 0.1) is 10.3 Å². The van der Waals surface area contributed by atoms with Crippen molar-refractivity contribution in [2.24, 2.45) is 5.41 Å². The zero-order valence-electron chi connectivity index (χ0n) is 18.1. The lowest BCUT2D eigenvalue weighted by Crippen LogP contribution is -2.42. The standard InChI is InChI=1S/C23H27FO6S/c1-15-5-9-18(10-6-15)31(26,27)30-21(14-28-22(25)23(2,3)4)20-11-7-16-13-17(24)8-12-19(16)29-20/h5-6,8-10,12-13,20-21H,7,11,14H2,1-4H3/t20-,21+/m1/s1. The van der Waals surface area contributed by atoms with Gasteiger partial charge in [0.15, 0.2) is 0 Å². The van der Waals surface area contributed by atoms with Gasteiger partial charge in [0.2, 0.25) is 0 Å². The molecule has 6 nitrogen and oxygen atoms in total. The number of benzene rings is 2. The molecule has 0 amide bonds. The third-order valence-electron chi connectivity index (χ3n) is 4.96. The zero-order valence-corrected chi connectivity index (χ0v) is 18.9. The van der Waals surface area contributed by atoms with E-state index in [1.807, 2.05) is 6.92 Å². The van der Waals surface area contributed by atoms with Crippen LogP contribution in [-0.4, -0.2) is 33.2 Å². The SMILES string of the molecule is Cc1ccc(S(=O)(=O)O[C@@H](COC(=O)C(C)(C)C)[C@H]2CCc3cc(F)ccc3O2)cc1. The first-order chi connectivity index (χ1) is 14.5. The minimum atomic E-state index is -4.12. The monoisotopic (exact) mass is 450 g/mol. The van der Waals surface area contributed by atoms with E-state index < -0.39 is 33.7 Å². The molecule has 0 spiro atoms. The molecule has 1 aliphatic heterocycles. The van der Waals surface area contributed by atoms with Gasteiger partial charge in [-0.05, 0) is 76.4 Å². The maximum absolute atomic E-state index is 13.5. The van der Waals surface area contributed by atoms with E-state index in [9.17, 15) is 17.6 Å². The second-order valence-electron chi connectivity index (χ2n) is 8.70. The van der Waals surface area contributed by atoms with Crippen LogP contribution in [-0.2, 0) is 30.3 Å². The van der Waals surface area contributed by atoms with Crippen LogP contribution in [0.3, 0.4) is 0 Å². The summed E-state index contributed by atoms with van der Waals surface area (Å²) in [5, 5.41) is 0. The van der Waals surface area contributed by atoms with E-state index >= 15 is 0 Å². The first-order valence-corrected chi connectivity index (χ1v) is 11.5. The summed E-state index contributed by atoms with van der Waals surface area (Å²) in [6, 6.07) is 10.4. The second kappa shape index (κ2) is 8.96. The van der Waals surface area contributed by atoms with Gasteiger partial charge in [-0.2, -0.15) is 8.42 Å². The van der Waals surface area contributed by atoms with E-state index in [1.165, 1.54) is 30.3 Å². The van der Waals surface area contributed by atoms with Crippen LogP contribution in [0.1, 0.15) is 38.3 Å². The summed E-state index contributed by atoms with van der Waals surface area (Å²) in [4.78, 5) is 12.3. The summed E-state index contributed by atoms with van der Waals surface area (Å²) in [7, 11) is -4.12. The van der Waals surface area contributed by atoms with Gasteiger partial charge in [-0.15, -0.1) is 0 Å². The van der Waals surface area contributed by atoms with Crippen LogP contribution >= 0.6 is 0 Å². The molecule has 0 radical (unpaired) electrons. The van der Waals surface area contributed by atoms with E-state index in [2.05, 4.69) is 0 Å². The molecule has 2 aromatic carbocycles. The highest BCUT2D eigenvalue weighted by Gasteiger charge is 2.35. The Morgan fingerprint density at radius 3 is 2.52 bits per heavy atom. The average Bonchev–Trinajstić information content (AvgIpc) is 2.70. The molecule has 0 bridgehead atoms. The van der Waals surface area contributed by atoms with Gasteiger partial charge in [0, 0.05) is 0 Å². The Morgan fingerprint density at radius 2 is 1.87 bits per heavy atom. The first-order valence-electron chi connectivity index (χ1n) is 10.1. The number of halogens is 1. The number of ether oxygens (including phenoxy) is 2. The fourth-order valence-corrected chi connectivity index (χ4v) is 4.22. The normalized spacial score (nSPS) is 17.4. The second-order valence-corrected chi connectivity index (χ2v) is 10.3. The van der Waals surface area contributed by atoms with E-state index in [-0.39, 0.29) is 17.3 Å². The topological polar surface area (TPSA) is 78.9 Å². The van der Waals surface area contributed by atoms with E-state index in [4.69, 9.17) is 13.7 Å². The Kier molecular flexibility index (Phi) is 6.71. The number of esters is 1. The molecular weight excluding hydrogens is 423 g/mol. The van der Waals surface area contributed by atoms with Crippen molar-refractivity contribution in [1.29, 1.82) is 0 Å². The Balaban J connectivity index is 1.83. The smallest absolute Gasteiger partial charge is 0.311 e. The Bertz CT molecular complexity index is 1040. The third-order valence-corrected chi connectivity index (χ3v) is 6.31. The van der Waals surface area contributed by atoms with Gasteiger partial charge < -0.3 is 9.47 Å². The highest BCUT2D eigenvalue weighted by molar-refractivity contribution is 7.86. The van der Waals surface area contributed by atoms with Crippen LogP contribution in [0, 0.1) is 18.2 Å². The zero-order chi connectivity index (χ0) is 22.8. The molecule has 1 aliphatic rings. The molecule has 0 unspecified atom stereocenters. The molecule has 0 saturated heterocycles. The molecule has 0 aromatic heterocycles. The van der Waals surface area contributed by atoms with Crippen LogP contribution in [0.4, 0.5) is 4.39 Å². The maximum Gasteiger partial charge on any atom is 0.311 e. The van der Waals surface area contributed by atoms with E-state index in [0.717, 1.165) is 5.56 Å². The largest absolute Gasteiger partial charge is 0.487 e. The summed E-state index contributed by atoms with van der Waals surface area (Å²) in [5.41, 5.74) is 0.856. The molecule has 2 aromatic rings. The van der Waals surface area contributed by atoms with Crippen LogP contribution in [0.2, 0.25) is 0 Å². The summed E-state index contributed by atoms with van der Waals surface area (Å²) >= 11 is 0. The lowest BCUT2D eigenvalue weighted by atomic mass is 9.97. The third kappa shape index (κ3) is 5.83. The lowest BCUT2D eigenvalue weighted by Gasteiger charge is -2.32. The fraction of sp³-hybridized carbons (Fsp3) is 0.435. The van der Waals surface area contributed by atoms with Gasteiger partial charge in [0.25, 0.3) is 10.1 Å². The van der Waals surface area contributed by atoms with Gasteiger partial charge in [-0.3, -0.25) is 8.98 Å². The fourth-order valence-electron chi connectivity index (χ4n) is 3.13. The van der Waals surface area contributed by atoms with E-state index in [1.54, 1.807) is 32.9 Å². The molecular formula is C23H27FO6S. The van der Waals surface area contributed by atoms with Gasteiger partial charge in [0.1, 0.15) is 30.4 Å². The van der Waals surface area contributed by atoms with Crippen molar-refractivity contribution >= 4 is 16.1 Å². The first kappa shape index (κ1) is 23.2. The molecule has 8 heteroatoms. The predicted molar refractivity (Wildman–Crippen MR) is 113 cm³/mol. The molecule has 0 N–H and O–H groups in total. The minimum Gasteiger partial charge on any atom is -0.487 e. The number of hydrogen-bond donors (Lipinski definition) is 0. The van der Waals surface area contributed by atoms with Crippen molar-refractivity contribution in [2.75, 3.05) is 6.61 Å². The summed E-state index contributed by atoms with van der Waals surface area (Å²) < 4.78 is 56.0. The number of hydrogen-bond acceptors (Lipinski definition) is 6. The van der Waals surface area contributed by atoms with Crippen molar-refractivity contribution in [3.05, 3.63) is 59.4 Å². The van der Waals surface area contributed by atoms with Crippen molar-refractivity contribution < 1.29 is 31.3 Å². The predicted octanol–water partition coefficient (Wildman–Crippen LogP) is 4.19. The number of fused-ring (bicyclic) bond motifs is 1. The highest BCUT2D eigenvalue weighted by atomic mass is 32.2. The molecule has 0 saturated carbocycles. The minimum absolute atomic E-state index is 0.00327. The molecule has 31 heavy (non-hydrogen) atoms. The Labute approximate surface area is 182 Å². The molecule has 1 heterocycles. The van der Waals surface area contributed by atoms with Gasteiger partial charge in [-0.25, -0.2) is 4.39 Å². The number of carbonyl (C=O) groups is 1. The molecule has 0 fully saturated rings. The highest BCUT2D eigenvalue weighted by Crippen LogP contribution is 2.31. The van der Waals surface area contributed by atoms with E-state index in [0.29, 0.717) is 24.2 Å². The lowest BCUT2D eigenvalue weighted by molar-refractivity contribution is -0.157. The summed E-state index contributed by atoms with van der Waals surface area (Å²) in [6.45, 7) is 6.67.